The minimum atomic E-state index is 1.16. The second-order valence-electron chi connectivity index (χ2n) is 13.7. The Kier molecular flexibility index (Phi) is 7.40. The molecule has 2 nitrogen and oxygen atoms in total. The van der Waals surface area contributed by atoms with Crippen molar-refractivity contribution in [2.75, 3.05) is 0 Å². The van der Waals surface area contributed by atoms with Crippen LogP contribution in [0, 0.1) is 0 Å². The van der Waals surface area contributed by atoms with E-state index in [-0.39, 0.29) is 0 Å². The van der Waals surface area contributed by atoms with Gasteiger partial charge >= 0.3 is 0 Å². The fourth-order valence-corrected chi connectivity index (χ4v) is 8.33. The number of benzene rings is 8. The molecule has 0 unspecified atom stereocenters. The molecule has 0 aliphatic carbocycles. The van der Waals surface area contributed by atoms with E-state index in [1.165, 1.54) is 82.2 Å². The number of allylic oxidation sites excluding steroid dienone is 3. The maximum Gasteiger partial charge on any atom is 0.0547 e. The van der Waals surface area contributed by atoms with E-state index in [0.29, 0.717) is 0 Å². The molecule has 0 fully saturated rings. The maximum atomic E-state index is 2.40. The van der Waals surface area contributed by atoms with Crippen molar-refractivity contribution >= 4 is 60.5 Å². The summed E-state index contributed by atoms with van der Waals surface area (Å²) in [5.74, 6) is 0. The van der Waals surface area contributed by atoms with Crippen LogP contribution < -0.4 is 0 Å². The van der Waals surface area contributed by atoms with Crippen LogP contribution in [0.2, 0.25) is 0 Å². The predicted molar refractivity (Wildman–Crippen MR) is 227 cm³/mol. The molecule has 0 saturated heterocycles. The van der Waals surface area contributed by atoms with Crippen molar-refractivity contribution in [1.82, 2.24) is 9.13 Å². The number of para-hydroxylation sites is 4. The highest BCUT2D eigenvalue weighted by Gasteiger charge is 2.19. The molecular formula is C51H36N2. The normalized spacial score (nSPS) is 12.1. The van der Waals surface area contributed by atoms with Crippen LogP contribution in [-0.4, -0.2) is 9.13 Å². The van der Waals surface area contributed by atoms with Gasteiger partial charge in [0.1, 0.15) is 0 Å². The van der Waals surface area contributed by atoms with Gasteiger partial charge < -0.3 is 9.13 Å². The third-order valence-electron chi connectivity index (χ3n) is 10.6. The number of rotatable bonds is 6. The Morgan fingerprint density at radius 3 is 1.43 bits per heavy atom. The lowest BCUT2D eigenvalue weighted by atomic mass is 9.87. The van der Waals surface area contributed by atoms with E-state index in [4.69, 9.17) is 0 Å². The Labute approximate surface area is 308 Å². The van der Waals surface area contributed by atoms with Crippen LogP contribution in [0.1, 0.15) is 12.5 Å². The molecule has 0 radical (unpaired) electrons. The molecule has 0 spiro atoms. The van der Waals surface area contributed by atoms with Gasteiger partial charge in [0.2, 0.25) is 0 Å². The van der Waals surface area contributed by atoms with Crippen LogP contribution >= 0.6 is 0 Å². The van der Waals surface area contributed by atoms with Crippen molar-refractivity contribution in [3.63, 3.8) is 0 Å². The third kappa shape index (κ3) is 5.03. The van der Waals surface area contributed by atoms with Gasteiger partial charge in [-0.25, -0.2) is 0 Å². The highest BCUT2D eigenvalue weighted by Crippen LogP contribution is 2.43. The molecule has 0 aliphatic heterocycles. The van der Waals surface area contributed by atoms with Gasteiger partial charge in [0.25, 0.3) is 0 Å². The number of nitrogens with zero attached hydrogens (tertiary/aromatic N) is 2. The monoisotopic (exact) mass is 676 g/mol. The molecule has 8 aromatic carbocycles. The molecule has 0 saturated carbocycles. The SMILES string of the molecule is C/C=C\C=C/c1cc(-c2ccc3c4ccccc4n(-c4ccccc4)c3c2)c2ccccc2c1-c1ccc2c3ccccc3n(-c3ccccc3)c2c1. The molecule has 2 heteroatoms. The van der Waals surface area contributed by atoms with Gasteiger partial charge in [-0.15, -0.1) is 0 Å². The zero-order valence-electron chi connectivity index (χ0n) is 29.4. The summed E-state index contributed by atoms with van der Waals surface area (Å²) in [6.45, 7) is 2.06. The minimum absolute atomic E-state index is 1.16. The molecule has 0 atom stereocenters. The standard InChI is InChI=1S/C51H36N2/c1-2-3-6-17-36-32-46(35-28-30-43-41-23-13-15-26-47(41)52(49(43)33-35)38-18-7-4-8-19-38)40-22-11-12-25-45(40)51(36)37-29-31-44-42-24-14-16-27-48(42)53(50(44)34-37)39-20-9-5-10-21-39/h2-34H,1H3/b3-2-,17-6-. The lowest BCUT2D eigenvalue weighted by molar-refractivity contribution is 1.18. The zero-order valence-corrected chi connectivity index (χ0v) is 29.4. The van der Waals surface area contributed by atoms with E-state index >= 15 is 0 Å². The summed E-state index contributed by atoms with van der Waals surface area (Å²) < 4.78 is 4.81. The average molecular weight is 677 g/mol. The predicted octanol–water partition coefficient (Wildman–Crippen LogP) is 14.0. The van der Waals surface area contributed by atoms with Gasteiger partial charge in [-0.2, -0.15) is 0 Å². The zero-order chi connectivity index (χ0) is 35.3. The van der Waals surface area contributed by atoms with E-state index in [9.17, 15) is 0 Å². The fraction of sp³-hybridized carbons (Fsp3) is 0.0196. The molecular weight excluding hydrogens is 641 g/mol. The summed E-state index contributed by atoms with van der Waals surface area (Å²) in [5, 5.41) is 7.49. The summed E-state index contributed by atoms with van der Waals surface area (Å²) in [6.07, 6.45) is 8.62. The summed E-state index contributed by atoms with van der Waals surface area (Å²) in [5.41, 5.74) is 13.2. The Balaban J connectivity index is 1.24. The summed E-state index contributed by atoms with van der Waals surface area (Å²) >= 11 is 0. The Hall–Kier alpha value is -6.90. The van der Waals surface area contributed by atoms with Crippen LogP contribution in [0.25, 0.3) is 94.1 Å². The first-order chi connectivity index (χ1) is 26.3. The Morgan fingerprint density at radius 2 is 0.849 bits per heavy atom. The van der Waals surface area contributed by atoms with Crippen molar-refractivity contribution < 1.29 is 0 Å². The molecule has 0 aliphatic rings. The van der Waals surface area contributed by atoms with Crippen molar-refractivity contribution in [1.29, 1.82) is 0 Å². The quantitative estimate of drug-likeness (QED) is 0.155. The van der Waals surface area contributed by atoms with Crippen LogP contribution in [0.15, 0.2) is 194 Å². The van der Waals surface area contributed by atoms with Crippen molar-refractivity contribution in [3.8, 4) is 33.6 Å². The molecule has 10 aromatic rings. The average Bonchev–Trinajstić information content (AvgIpc) is 3.73. The van der Waals surface area contributed by atoms with Gasteiger partial charge in [-0.05, 0) is 100 Å². The number of aromatic nitrogens is 2. The van der Waals surface area contributed by atoms with Gasteiger partial charge in [0.05, 0.1) is 22.1 Å². The first-order valence-corrected chi connectivity index (χ1v) is 18.3. The smallest absolute Gasteiger partial charge is 0.0547 e. The van der Waals surface area contributed by atoms with E-state index in [1.807, 2.05) is 0 Å². The third-order valence-corrected chi connectivity index (χ3v) is 10.6. The van der Waals surface area contributed by atoms with Gasteiger partial charge in [-0.3, -0.25) is 0 Å². The topological polar surface area (TPSA) is 9.86 Å². The van der Waals surface area contributed by atoms with Gasteiger partial charge in [-0.1, -0.05) is 146 Å². The first-order valence-electron chi connectivity index (χ1n) is 18.3. The molecule has 2 heterocycles. The summed E-state index contributed by atoms with van der Waals surface area (Å²) in [7, 11) is 0. The second kappa shape index (κ2) is 12.7. The number of hydrogen-bond acceptors (Lipinski definition) is 0. The van der Waals surface area contributed by atoms with E-state index in [1.54, 1.807) is 0 Å². The van der Waals surface area contributed by atoms with E-state index in [2.05, 4.69) is 216 Å². The van der Waals surface area contributed by atoms with E-state index < -0.39 is 0 Å². The molecule has 10 rings (SSSR count). The van der Waals surface area contributed by atoms with Crippen molar-refractivity contribution in [2.24, 2.45) is 0 Å². The molecule has 0 bridgehead atoms. The second-order valence-corrected chi connectivity index (χ2v) is 13.7. The summed E-state index contributed by atoms with van der Waals surface area (Å²) in [6, 6.07) is 64.2. The lowest BCUT2D eigenvalue weighted by Crippen LogP contribution is -1.95. The highest BCUT2D eigenvalue weighted by molar-refractivity contribution is 6.14. The molecule has 2 aromatic heterocycles. The number of hydrogen-bond donors (Lipinski definition) is 0. The van der Waals surface area contributed by atoms with Gasteiger partial charge in [0, 0.05) is 32.9 Å². The largest absolute Gasteiger partial charge is 0.309 e. The molecule has 0 amide bonds. The minimum Gasteiger partial charge on any atom is -0.309 e. The van der Waals surface area contributed by atoms with Crippen LogP contribution in [0.4, 0.5) is 0 Å². The van der Waals surface area contributed by atoms with Crippen LogP contribution in [0.5, 0.6) is 0 Å². The van der Waals surface area contributed by atoms with Crippen molar-refractivity contribution in [3.05, 3.63) is 200 Å². The summed E-state index contributed by atoms with van der Waals surface area (Å²) in [4.78, 5) is 0. The molecule has 53 heavy (non-hydrogen) atoms. The van der Waals surface area contributed by atoms with Crippen LogP contribution in [0.3, 0.4) is 0 Å². The molecule has 0 N–H and O–H groups in total. The highest BCUT2D eigenvalue weighted by atomic mass is 15.0. The first kappa shape index (κ1) is 30.9. The number of fused-ring (bicyclic) bond motifs is 7. The lowest BCUT2D eigenvalue weighted by Gasteiger charge is -2.17. The fourth-order valence-electron chi connectivity index (χ4n) is 8.33. The Bertz CT molecular complexity index is 3050. The van der Waals surface area contributed by atoms with E-state index in [0.717, 1.165) is 11.4 Å². The van der Waals surface area contributed by atoms with Gasteiger partial charge in [0.15, 0.2) is 0 Å². The van der Waals surface area contributed by atoms with Crippen molar-refractivity contribution in [2.45, 2.75) is 6.92 Å². The Morgan fingerprint density at radius 1 is 0.377 bits per heavy atom. The maximum absolute atomic E-state index is 2.40. The van der Waals surface area contributed by atoms with Crippen LogP contribution in [-0.2, 0) is 0 Å². The molecule has 250 valence electrons.